The zero-order valence-corrected chi connectivity index (χ0v) is 9.63. The highest BCUT2D eigenvalue weighted by atomic mass is 16.6. The zero-order valence-electron chi connectivity index (χ0n) is 9.63. The standard InChI is InChI=1S/C10H20N2O3/c1-10(2,3)15-9(13)12-8-6-11-4-5-14-7-8/h8,11H,4-7H2,1-3H3,(H,12,13)/t8-/m1/s1. The highest BCUT2D eigenvalue weighted by Gasteiger charge is 2.20. The largest absolute Gasteiger partial charge is 0.444 e. The van der Waals surface area contributed by atoms with Gasteiger partial charge in [-0.25, -0.2) is 4.79 Å². The Labute approximate surface area is 90.5 Å². The van der Waals surface area contributed by atoms with E-state index in [2.05, 4.69) is 10.6 Å². The van der Waals surface area contributed by atoms with Crippen molar-refractivity contribution in [3.63, 3.8) is 0 Å². The first kappa shape index (κ1) is 12.3. The number of hydrogen-bond acceptors (Lipinski definition) is 4. The summed E-state index contributed by atoms with van der Waals surface area (Å²) >= 11 is 0. The third-order valence-corrected chi connectivity index (χ3v) is 1.85. The van der Waals surface area contributed by atoms with E-state index in [1.165, 1.54) is 0 Å². The molecule has 1 amide bonds. The van der Waals surface area contributed by atoms with Crippen LogP contribution in [0.3, 0.4) is 0 Å². The molecule has 0 aromatic carbocycles. The van der Waals surface area contributed by atoms with Crippen LogP contribution in [0.25, 0.3) is 0 Å². The normalized spacial score (nSPS) is 23.0. The summed E-state index contributed by atoms with van der Waals surface area (Å²) in [5.74, 6) is 0. The predicted octanol–water partition coefficient (Wildman–Crippen LogP) is 0.500. The van der Waals surface area contributed by atoms with E-state index in [0.717, 1.165) is 13.1 Å². The van der Waals surface area contributed by atoms with Crippen molar-refractivity contribution < 1.29 is 14.3 Å². The number of carbonyl (C=O) groups is 1. The third-order valence-electron chi connectivity index (χ3n) is 1.85. The number of rotatable bonds is 1. The van der Waals surface area contributed by atoms with Gasteiger partial charge in [-0.1, -0.05) is 0 Å². The van der Waals surface area contributed by atoms with Gasteiger partial charge in [-0.05, 0) is 20.8 Å². The molecule has 1 fully saturated rings. The Morgan fingerprint density at radius 2 is 2.27 bits per heavy atom. The lowest BCUT2D eigenvalue weighted by molar-refractivity contribution is 0.0466. The van der Waals surface area contributed by atoms with Crippen LogP contribution in [0.2, 0.25) is 0 Å². The molecule has 0 bridgehead atoms. The summed E-state index contributed by atoms with van der Waals surface area (Å²) in [6.07, 6.45) is -0.389. The molecule has 0 radical (unpaired) electrons. The van der Waals surface area contributed by atoms with Crippen molar-refractivity contribution in [3.05, 3.63) is 0 Å². The molecule has 1 atom stereocenters. The van der Waals surface area contributed by atoms with Crippen LogP contribution in [0.1, 0.15) is 20.8 Å². The van der Waals surface area contributed by atoms with Crippen LogP contribution >= 0.6 is 0 Å². The van der Waals surface area contributed by atoms with E-state index in [0.29, 0.717) is 13.2 Å². The van der Waals surface area contributed by atoms with Gasteiger partial charge in [0.25, 0.3) is 0 Å². The predicted molar refractivity (Wildman–Crippen MR) is 56.8 cm³/mol. The topological polar surface area (TPSA) is 59.6 Å². The number of hydrogen-bond donors (Lipinski definition) is 2. The molecular weight excluding hydrogens is 196 g/mol. The number of amides is 1. The van der Waals surface area contributed by atoms with Gasteiger partial charge in [0.05, 0.1) is 19.3 Å². The summed E-state index contributed by atoms with van der Waals surface area (Å²) in [7, 11) is 0. The van der Waals surface area contributed by atoms with Crippen LogP contribution in [0.15, 0.2) is 0 Å². The molecule has 2 N–H and O–H groups in total. The quantitative estimate of drug-likeness (QED) is 0.670. The molecule has 15 heavy (non-hydrogen) atoms. The molecule has 1 heterocycles. The molecule has 1 rings (SSSR count). The second kappa shape index (κ2) is 5.32. The Morgan fingerprint density at radius 1 is 1.53 bits per heavy atom. The second-order valence-corrected chi connectivity index (χ2v) is 4.62. The second-order valence-electron chi connectivity index (χ2n) is 4.62. The average Bonchev–Trinajstić information content (AvgIpc) is 2.28. The summed E-state index contributed by atoms with van der Waals surface area (Å²) in [5, 5.41) is 5.94. The highest BCUT2D eigenvalue weighted by Crippen LogP contribution is 2.06. The monoisotopic (exact) mass is 216 g/mol. The van der Waals surface area contributed by atoms with E-state index >= 15 is 0 Å². The van der Waals surface area contributed by atoms with Gasteiger partial charge in [-0.2, -0.15) is 0 Å². The first-order chi connectivity index (χ1) is 6.97. The summed E-state index contributed by atoms with van der Waals surface area (Å²) in [5.41, 5.74) is -0.455. The van der Waals surface area contributed by atoms with Crippen molar-refractivity contribution >= 4 is 6.09 Å². The molecule has 1 aliphatic rings. The first-order valence-corrected chi connectivity index (χ1v) is 5.25. The lowest BCUT2D eigenvalue weighted by Gasteiger charge is -2.22. The number of nitrogens with one attached hydrogen (secondary N) is 2. The fourth-order valence-corrected chi connectivity index (χ4v) is 1.27. The molecule has 5 heteroatoms. The third kappa shape index (κ3) is 5.59. The fourth-order valence-electron chi connectivity index (χ4n) is 1.27. The van der Waals surface area contributed by atoms with Crippen molar-refractivity contribution in [1.82, 2.24) is 10.6 Å². The molecule has 5 nitrogen and oxygen atoms in total. The Kier molecular flexibility index (Phi) is 4.35. The Hall–Kier alpha value is -0.810. The molecule has 1 aliphatic heterocycles. The SMILES string of the molecule is CC(C)(C)OC(=O)N[C@@H]1CNCCOC1. The van der Waals surface area contributed by atoms with Crippen molar-refractivity contribution in [2.75, 3.05) is 26.3 Å². The van der Waals surface area contributed by atoms with Crippen LogP contribution in [0, 0.1) is 0 Å². The number of alkyl carbamates (subject to hydrolysis) is 1. The smallest absolute Gasteiger partial charge is 0.407 e. The maximum atomic E-state index is 11.4. The van der Waals surface area contributed by atoms with Gasteiger partial charge in [0.1, 0.15) is 5.60 Å². The summed E-state index contributed by atoms with van der Waals surface area (Å²) < 4.78 is 10.5. The van der Waals surface area contributed by atoms with Gasteiger partial charge in [-0.3, -0.25) is 0 Å². The van der Waals surface area contributed by atoms with E-state index in [1.807, 2.05) is 20.8 Å². The molecule has 0 aromatic heterocycles. The van der Waals surface area contributed by atoms with Gasteiger partial charge in [0.15, 0.2) is 0 Å². The van der Waals surface area contributed by atoms with Crippen molar-refractivity contribution in [1.29, 1.82) is 0 Å². The molecule has 88 valence electrons. The van der Waals surface area contributed by atoms with Crippen LogP contribution in [0.4, 0.5) is 4.79 Å². The molecular formula is C10H20N2O3. The van der Waals surface area contributed by atoms with Crippen molar-refractivity contribution in [2.45, 2.75) is 32.4 Å². The van der Waals surface area contributed by atoms with E-state index in [-0.39, 0.29) is 12.1 Å². The molecule has 0 saturated carbocycles. The Bertz CT molecular complexity index is 205. The molecule has 0 aliphatic carbocycles. The minimum absolute atomic E-state index is 0.0117. The molecule has 0 aromatic rings. The average molecular weight is 216 g/mol. The van der Waals surface area contributed by atoms with Crippen LogP contribution in [-0.2, 0) is 9.47 Å². The molecule has 0 unspecified atom stereocenters. The molecule has 0 spiro atoms. The van der Waals surface area contributed by atoms with Crippen LogP contribution < -0.4 is 10.6 Å². The van der Waals surface area contributed by atoms with Crippen molar-refractivity contribution in [2.24, 2.45) is 0 Å². The lowest BCUT2D eigenvalue weighted by atomic mass is 10.2. The highest BCUT2D eigenvalue weighted by molar-refractivity contribution is 5.68. The Balaban J connectivity index is 2.30. The van der Waals surface area contributed by atoms with Crippen molar-refractivity contribution in [3.8, 4) is 0 Å². The maximum Gasteiger partial charge on any atom is 0.407 e. The summed E-state index contributed by atoms with van der Waals surface area (Å²) in [6, 6.07) is -0.0117. The Morgan fingerprint density at radius 3 is 2.93 bits per heavy atom. The van der Waals surface area contributed by atoms with Crippen LogP contribution in [0.5, 0.6) is 0 Å². The first-order valence-electron chi connectivity index (χ1n) is 5.25. The maximum absolute atomic E-state index is 11.4. The van der Waals surface area contributed by atoms with Gasteiger partial charge in [0.2, 0.25) is 0 Å². The number of carbonyl (C=O) groups excluding carboxylic acids is 1. The minimum atomic E-state index is -0.455. The van der Waals surface area contributed by atoms with Gasteiger partial charge >= 0.3 is 6.09 Å². The van der Waals surface area contributed by atoms with E-state index < -0.39 is 5.60 Å². The van der Waals surface area contributed by atoms with Gasteiger partial charge in [-0.15, -0.1) is 0 Å². The summed E-state index contributed by atoms with van der Waals surface area (Å²) in [6.45, 7) is 8.29. The zero-order chi connectivity index (χ0) is 11.3. The fraction of sp³-hybridized carbons (Fsp3) is 0.900. The molecule has 1 saturated heterocycles. The summed E-state index contributed by atoms with van der Waals surface area (Å²) in [4.78, 5) is 11.4. The lowest BCUT2D eigenvalue weighted by Crippen LogP contribution is -2.45. The minimum Gasteiger partial charge on any atom is -0.444 e. The van der Waals surface area contributed by atoms with E-state index in [4.69, 9.17) is 9.47 Å². The number of ether oxygens (including phenoxy) is 2. The van der Waals surface area contributed by atoms with E-state index in [1.54, 1.807) is 0 Å². The van der Waals surface area contributed by atoms with E-state index in [9.17, 15) is 4.79 Å². The van der Waals surface area contributed by atoms with Gasteiger partial charge in [0, 0.05) is 13.1 Å². The van der Waals surface area contributed by atoms with Gasteiger partial charge < -0.3 is 20.1 Å². The van der Waals surface area contributed by atoms with Crippen LogP contribution in [-0.4, -0.2) is 44.0 Å².